The molecule has 2 heterocycles. The summed E-state index contributed by atoms with van der Waals surface area (Å²) in [7, 11) is 0. The van der Waals surface area contributed by atoms with Crippen molar-refractivity contribution in [2.24, 2.45) is 0 Å². The molecule has 0 saturated carbocycles. The molecule has 1 aromatic rings. The zero-order chi connectivity index (χ0) is 8.39. The summed E-state index contributed by atoms with van der Waals surface area (Å²) in [5, 5.41) is 9.48. The first-order chi connectivity index (χ1) is 5.88. The summed E-state index contributed by atoms with van der Waals surface area (Å²) in [6, 6.07) is 5.71. The van der Waals surface area contributed by atoms with Gasteiger partial charge in [0, 0.05) is 11.9 Å². The van der Waals surface area contributed by atoms with E-state index in [1.807, 2.05) is 18.2 Å². The lowest BCUT2D eigenvalue weighted by atomic mass is 10.0. The molecule has 0 bridgehead atoms. The van der Waals surface area contributed by atoms with Crippen molar-refractivity contribution in [3.63, 3.8) is 0 Å². The number of nitrogens with zero attached hydrogens (tertiary/aromatic N) is 1. The monoisotopic (exact) mass is 165 g/mol. The second kappa shape index (κ2) is 3.21. The maximum Gasteiger partial charge on any atom is 0.0879 e. The maximum absolute atomic E-state index is 9.48. The van der Waals surface area contributed by atoms with Gasteiger partial charge in [0.25, 0.3) is 0 Å². The van der Waals surface area contributed by atoms with Crippen molar-refractivity contribution in [2.75, 3.05) is 13.2 Å². The van der Waals surface area contributed by atoms with Gasteiger partial charge in [-0.3, -0.25) is 4.98 Å². The highest BCUT2D eigenvalue weighted by Gasteiger charge is 2.28. The number of aromatic nitrogens is 1. The minimum absolute atomic E-state index is 0.0613. The lowest BCUT2D eigenvalue weighted by molar-refractivity contribution is 0.124. The summed E-state index contributed by atoms with van der Waals surface area (Å²) < 4.78 is 5.13. The first-order valence-electron chi connectivity index (χ1n) is 4.04. The van der Waals surface area contributed by atoms with E-state index in [9.17, 15) is 5.11 Å². The molecule has 1 fully saturated rings. The second-order valence-corrected chi connectivity index (χ2v) is 2.97. The van der Waals surface area contributed by atoms with Crippen LogP contribution in [0.15, 0.2) is 24.4 Å². The molecule has 0 radical (unpaired) electrons. The van der Waals surface area contributed by atoms with Crippen LogP contribution in [0.3, 0.4) is 0 Å². The minimum Gasteiger partial charge on any atom is -0.390 e. The summed E-state index contributed by atoms with van der Waals surface area (Å²) in [6.45, 7) is 1.01. The number of aliphatic hydroxyl groups is 1. The SMILES string of the molecule is O[C@@H]1COC[C@H]1c1ccccn1. The molecule has 0 unspecified atom stereocenters. The lowest BCUT2D eigenvalue weighted by Gasteiger charge is -2.10. The van der Waals surface area contributed by atoms with Crippen LogP contribution in [-0.2, 0) is 4.74 Å². The molecular weight excluding hydrogens is 154 g/mol. The molecule has 1 saturated heterocycles. The molecule has 3 nitrogen and oxygen atoms in total. The molecule has 1 aliphatic heterocycles. The first kappa shape index (κ1) is 7.71. The van der Waals surface area contributed by atoms with E-state index in [0.717, 1.165) is 5.69 Å². The number of hydrogen-bond donors (Lipinski definition) is 1. The summed E-state index contributed by atoms with van der Waals surface area (Å²) in [4.78, 5) is 4.17. The summed E-state index contributed by atoms with van der Waals surface area (Å²) in [6.07, 6.45) is 1.35. The van der Waals surface area contributed by atoms with Gasteiger partial charge in [0.15, 0.2) is 0 Å². The van der Waals surface area contributed by atoms with Crippen LogP contribution in [-0.4, -0.2) is 29.4 Å². The molecule has 0 amide bonds. The quantitative estimate of drug-likeness (QED) is 0.661. The van der Waals surface area contributed by atoms with E-state index in [2.05, 4.69) is 4.98 Å². The van der Waals surface area contributed by atoms with Crippen molar-refractivity contribution in [1.29, 1.82) is 0 Å². The van der Waals surface area contributed by atoms with Crippen molar-refractivity contribution < 1.29 is 9.84 Å². The van der Waals surface area contributed by atoms with Gasteiger partial charge >= 0.3 is 0 Å². The predicted octanol–water partition coefficient (Wildman–Crippen LogP) is 0.556. The van der Waals surface area contributed by atoms with Gasteiger partial charge < -0.3 is 9.84 Å². The highest BCUT2D eigenvalue weighted by Crippen LogP contribution is 2.23. The molecule has 1 N–H and O–H groups in total. The van der Waals surface area contributed by atoms with Crippen molar-refractivity contribution in [2.45, 2.75) is 12.0 Å². The zero-order valence-corrected chi connectivity index (χ0v) is 6.68. The van der Waals surface area contributed by atoms with Crippen LogP contribution < -0.4 is 0 Å². The molecule has 3 heteroatoms. The zero-order valence-electron chi connectivity index (χ0n) is 6.68. The van der Waals surface area contributed by atoms with Crippen molar-refractivity contribution in [3.05, 3.63) is 30.1 Å². The van der Waals surface area contributed by atoms with Crippen molar-refractivity contribution in [3.8, 4) is 0 Å². The van der Waals surface area contributed by atoms with Crippen LogP contribution in [0, 0.1) is 0 Å². The Labute approximate surface area is 71.0 Å². The molecule has 0 aromatic carbocycles. The van der Waals surface area contributed by atoms with Crippen LogP contribution in [0.5, 0.6) is 0 Å². The fourth-order valence-electron chi connectivity index (χ4n) is 1.42. The number of hydrogen-bond acceptors (Lipinski definition) is 3. The summed E-state index contributed by atoms with van der Waals surface area (Å²) in [5.74, 6) is 0.0613. The van der Waals surface area contributed by atoms with E-state index >= 15 is 0 Å². The topological polar surface area (TPSA) is 42.4 Å². The van der Waals surface area contributed by atoms with Gasteiger partial charge in [-0.1, -0.05) is 6.07 Å². The van der Waals surface area contributed by atoms with Gasteiger partial charge in [0.1, 0.15) is 0 Å². The standard InChI is InChI=1S/C9H11NO2/c11-9-6-12-5-7(9)8-3-1-2-4-10-8/h1-4,7,9,11H,5-6H2/t7-,9+/m0/s1. The Morgan fingerprint density at radius 3 is 2.92 bits per heavy atom. The Bertz CT molecular complexity index is 250. The van der Waals surface area contributed by atoms with E-state index in [4.69, 9.17) is 4.74 Å². The molecular formula is C9H11NO2. The van der Waals surface area contributed by atoms with E-state index in [-0.39, 0.29) is 12.0 Å². The number of aliphatic hydroxyl groups excluding tert-OH is 1. The van der Waals surface area contributed by atoms with Crippen LogP contribution in [0.4, 0.5) is 0 Å². The Morgan fingerprint density at radius 2 is 2.33 bits per heavy atom. The molecule has 2 atom stereocenters. The van der Waals surface area contributed by atoms with Gasteiger partial charge in [0.05, 0.1) is 25.2 Å². The molecule has 64 valence electrons. The number of pyridine rings is 1. The van der Waals surface area contributed by atoms with Gasteiger partial charge in [-0.25, -0.2) is 0 Å². The second-order valence-electron chi connectivity index (χ2n) is 2.97. The Balaban J connectivity index is 2.19. The minimum atomic E-state index is -0.389. The Morgan fingerprint density at radius 1 is 1.42 bits per heavy atom. The molecule has 0 aliphatic carbocycles. The molecule has 1 aromatic heterocycles. The van der Waals surface area contributed by atoms with Gasteiger partial charge in [-0.2, -0.15) is 0 Å². The van der Waals surface area contributed by atoms with Gasteiger partial charge in [-0.05, 0) is 12.1 Å². The van der Waals surface area contributed by atoms with E-state index < -0.39 is 0 Å². The highest BCUT2D eigenvalue weighted by atomic mass is 16.5. The largest absolute Gasteiger partial charge is 0.390 e. The smallest absolute Gasteiger partial charge is 0.0879 e. The molecule has 0 spiro atoms. The summed E-state index contributed by atoms with van der Waals surface area (Å²) in [5.41, 5.74) is 0.919. The predicted molar refractivity (Wildman–Crippen MR) is 43.8 cm³/mol. The normalized spacial score (nSPS) is 29.1. The van der Waals surface area contributed by atoms with Crippen LogP contribution in [0.25, 0.3) is 0 Å². The maximum atomic E-state index is 9.48. The van der Waals surface area contributed by atoms with Crippen LogP contribution in [0.1, 0.15) is 11.6 Å². The Hall–Kier alpha value is -0.930. The third kappa shape index (κ3) is 1.33. The van der Waals surface area contributed by atoms with Gasteiger partial charge in [0.2, 0.25) is 0 Å². The average molecular weight is 165 g/mol. The summed E-state index contributed by atoms with van der Waals surface area (Å²) >= 11 is 0. The Kier molecular flexibility index (Phi) is 2.06. The van der Waals surface area contributed by atoms with E-state index in [0.29, 0.717) is 13.2 Å². The lowest BCUT2D eigenvalue weighted by Crippen LogP contribution is -2.16. The van der Waals surface area contributed by atoms with Crippen molar-refractivity contribution >= 4 is 0 Å². The third-order valence-electron chi connectivity index (χ3n) is 2.12. The third-order valence-corrected chi connectivity index (χ3v) is 2.12. The highest BCUT2D eigenvalue weighted by molar-refractivity contribution is 5.12. The van der Waals surface area contributed by atoms with Crippen LogP contribution >= 0.6 is 0 Å². The molecule has 2 rings (SSSR count). The van der Waals surface area contributed by atoms with Gasteiger partial charge in [-0.15, -0.1) is 0 Å². The first-order valence-corrected chi connectivity index (χ1v) is 4.04. The number of ether oxygens (including phenoxy) is 1. The van der Waals surface area contributed by atoms with Crippen molar-refractivity contribution in [1.82, 2.24) is 4.98 Å². The fraction of sp³-hybridized carbons (Fsp3) is 0.444. The fourth-order valence-corrected chi connectivity index (χ4v) is 1.42. The van der Waals surface area contributed by atoms with E-state index in [1.54, 1.807) is 6.20 Å². The number of rotatable bonds is 1. The van der Waals surface area contributed by atoms with E-state index in [1.165, 1.54) is 0 Å². The average Bonchev–Trinajstić information content (AvgIpc) is 2.53. The molecule has 12 heavy (non-hydrogen) atoms. The molecule has 1 aliphatic rings. The van der Waals surface area contributed by atoms with Crippen LogP contribution in [0.2, 0.25) is 0 Å².